The van der Waals surface area contributed by atoms with Crippen molar-refractivity contribution < 1.29 is 54.7 Å². The first-order valence-electron chi connectivity index (χ1n) is 17.1. The number of nitrogens with zero attached hydrogens (tertiary/aromatic N) is 1. The van der Waals surface area contributed by atoms with Crippen molar-refractivity contribution in [2.75, 3.05) is 20.3 Å². The number of halogens is 6. The zero-order valence-electron chi connectivity index (χ0n) is 30.6. The molecule has 1 fully saturated rings. The number of nitrogens with one attached hydrogen (secondary N) is 1. The van der Waals surface area contributed by atoms with E-state index in [2.05, 4.69) is 4.72 Å². The second-order valence-corrected chi connectivity index (χ2v) is 16.2. The van der Waals surface area contributed by atoms with Gasteiger partial charge >= 0.3 is 24.4 Å². The van der Waals surface area contributed by atoms with Gasteiger partial charge in [0.2, 0.25) is 0 Å². The number of ether oxygens (including phenoxy) is 3. The molecular formula is C39H44F6N2O6S. The van der Waals surface area contributed by atoms with Crippen LogP contribution in [0.25, 0.3) is 0 Å². The molecular weight excluding hydrogens is 738 g/mol. The van der Waals surface area contributed by atoms with Crippen molar-refractivity contribution in [2.24, 2.45) is 0 Å². The summed E-state index contributed by atoms with van der Waals surface area (Å²) in [6, 6.07) is 18.8. The SMILES string of the molecule is COC(=O)/C=C/C[C@@]1(N[S+]([O-])C(C)(C)C)CC[C@@](CO[C@H](C)c2cc(C(F)(F)F)cc(C(F)(F)F)c2)(c2ccccc2)N(C(=O)OCc2ccccc2)C1. The third kappa shape index (κ3) is 10.8. The number of alkyl halides is 6. The van der Waals surface area contributed by atoms with E-state index in [9.17, 15) is 40.5 Å². The average Bonchev–Trinajstić information content (AvgIpc) is 3.12. The smallest absolute Gasteiger partial charge is 0.416 e. The van der Waals surface area contributed by atoms with Gasteiger partial charge in [0, 0.05) is 24.0 Å². The maximum absolute atomic E-state index is 14.4. The molecule has 3 aromatic carbocycles. The molecule has 3 aromatic rings. The van der Waals surface area contributed by atoms with Gasteiger partial charge in [-0.2, -0.15) is 26.3 Å². The molecule has 1 aliphatic heterocycles. The highest BCUT2D eigenvalue weighted by Crippen LogP contribution is 2.45. The molecule has 54 heavy (non-hydrogen) atoms. The highest BCUT2D eigenvalue weighted by atomic mass is 32.2. The number of hydrogen-bond acceptors (Lipinski definition) is 7. The third-order valence-electron chi connectivity index (χ3n) is 9.21. The van der Waals surface area contributed by atoms with E-state index in [1.54, 1.807) is 87.5 Å². The van der Waals surface area contributed by atoms with Gasteiger partial charge in [0.15, 0.2) is 0 Å². The van der Waals surface area contributed by atoms with Crippen LogP contribution < -0.4 is 4.72 Å². The minimum Gasteiger partial charge on any atom is -0.598 e. The lowest BCUT2D eigenvalue weighted by molar-refractivity contribution is -0.143. The number of rotatable bonds is 12. The summed E-state index contributed by atoms with van der Waals surface area (Å²) in [4.78, 5) is 27.8. The predicted molar refractivity (Wildman–Crippen MR) is 191 cm³/mol. The Labute approximate surface area is 314 Å². The van der Waals surface area contributed by atoms with Crippen molar-refractivity contribution in [3.05, 3.63) is 119 Å². The fourth-order valence-electron chi connectivity index (χ4n) is 6.10. The van der Waals surface area contributed by atoms with E-state index in [-0.39, 0.29) is 50.7 Å². The largest absolute Gasteiger partial charge is 0.598 e. The van der Waals surface area contributed by atoms with Crippen LogP contribution in [0.1, 0.15) is 80.9 Å². The van der Waals surface area contributed by atoms with E-state index in [0.717, 1.165) is 0 Å². The monoisotopic (exact) mass is 782 g/mol. The lowest BCUT2D eigenvalue weighted by Crippen LogP contribution is -2.67. The number of benzene rings is 3. The van der Waals surface area contributed by atoms with Crippen molar-refractivity contribution in [1.82, 2.24) is 9.62 Å². The van der Waals surface area contributed by atoms with E-state index in [4.69, 9.17) is 14.2 Å². The van der Waals surface area contributed by atoms with Crippen LogP contribution in [0.15, 0.2) is 91.0 Å². The molecule has 1 N–H and O–H groups in total. The summed E-state index contributed by atoms with van der Waals surface area (Å²) in [5, 5.41) is 0. The standard InChI is InChI=1S/C39H44F6N2O6S/c1-27(29-21-31(38(40,41)42)23-32(22-29)39(43,44)45)53-26-37(30-15-10-7-11-16-30)20-19-36(18-12-17-33(48)51-5,46-54(50)35(2,3)4)25-47(37)34(49)52-24-28-13-8-6-9-14-28/h6-17,21-23,27,46H,18-20,24-26H2,1-5H3/b17-12+/t27-,36-,37-,54?/m1/s1. The molecule has 4 rings (SSSR count). The van der Waals surface area contributed by atoms with Crippen molar-refractivity contribution in [3.8, 4) is 0 Å². The molecule has 294 valence electrons. The quantitative estimate of drug-likeness (QED) is 0.0848. The fraction of sp³-hybridized carbons (Fsp3) is 0.436. The Morgan fingerprint density at radius 2 is 1.50 bits per heavy atom. The lowest BCUT2D eigenvalue weighted by Gasteiger charge is -2.53. The maximum atomic E-state index is 14.4. The first-order valence-corrected chi connectivity index (χ1v) is 18.2. The summed E-state index contributed by atoms with van der Waals surface area (Å²) in [5.74, 6) is -0.624. The van der Waals surface area contributed by atoms with Gasteiger partial charge in [-0.15, -0.1) is 4.72 Å². The van der Waals surface area contributed by atoms with Crippen LogP contribution in [0.4, 0.5) is 31.1 Å². The molecule has 1 aliphatic rings. The van der Waals surface area contributed by atoms with Crippen LogP contribution in [0.5, 0.6) is 0 Å². The summed E-state index contributed by atoms with van der Waals surface area (Å²) in [5.41, 5.74) is -4.57. The number of likely N-dealkylation sites (tertiary alicyclic amines) is 1. The van der Waals surface area contributed by atoms with Crippen molar-refractivity contribution in [3.63, 3.8) is 0 Å². The van der Waals surface area contributed by atoms with Crippen LogP contribution in [0.2, 0.25) is 0 Å². The molecule has 1 saturated heterocycles. The number of piperidine rings is 1. The Balaban J connectivity index is 1.81. The molecule has 1 amide bonds. The van der Waals surface area contributed by atoms with Crippen molar-refractivity contribution in [2.45, 2.75) is 87.8 Å². The molecule has 0 bridgehead atoms. The Morgan fingerprint density at radius 1 is 0.926 bits per heavy atom. The van der Waals surface area contributed by atoms with E-state index < -0.39 is 68.8 Å². The van der Waals surface area contributed by atoms with Crippen LogP contribution in [0, 0.1) is 0 Å². The van der Waals surface area contributed by atoms with Gasteiger partial charge in [-0.25, -0.2) is 9.59 Å². The molecule has 8 nitrogen and oxygen atoms in total. The number of carbonyl (C=O) groups is 2. The van der Waals surface area contributed by atoms with Gasteiger partial charge in [0.05, 0.1) is 42.0 Å². The summed E-state index contributed by atoms with van der Waals surface area (Å²) in [7, 11) is 1.22. The minimum absolute atomic E-state index is 0.0516. The fourth-order valence-corrected chi connectivity index (χ4v) is 7.04. The van der Waals surface area contributed by atoms with Crippen molar-refractivity contribution >= 4 is 23.4 Å². The topological polar surface area (TPSA) is 100 Å². The number of carbonyl (C=O) groups excluding carboxylic acids is 2. The molecule has 1 unspecified atom stereocenters. The van der Waals surface area contributed by atoms with Crippen LogP contribution in [-0.2, 0) is 54.9 Å². The van der Waals surface area contributed by atoms with Crippen LogP contribution >= 0.6 is 0 Å². The maximum Gasteiger partial charge on any atom is 0.416 e. The summed E-state index contributed by atoms with van der Waals surface area (Å²) in [6.45, 7) is 6.00. The zero-order valence-corrected chi connectivity index (χ0v) is 31.4. The Bertz CT molecular complexity index is 1720. The molecule has 0 aromatic heterocycles. The average molecular weight is 783 g/mol. The number of hydrogen-bond donors (Lipinski definition) is 1. The van der Waals surface area contributed by atoms with Gasteiger partial charge in [-0.1, -0.05) is 66.7 Å². The Hall–Kier alpha value is -4.05. The summed E-state index contributed by atoms with van der Waals surface area (Å²) < 4.78 is 115. The Morgan fingerprint density at radius 3 is 2.04 bits per heavy atom. The predicted octanol–water partition coefficient (Wildman–Crippen LogP) is 9.04. The second-order valence-electron chi connectivity index (χ2n) is 14.2. The molecule has 0 aliphatic carbocycles. The molecule has 0 saturated carbocycles. The van der Waals surface area contributed by atoms with Crippen LogP contribution in [-0.4, -0.2) is 52.1 Å². The highest BCUT2D eigenvalue weighted by molar-refractivity contribution is 7.90. The van der Waals surface area contributed by atoms with E-state index in [1.807, 2.05) is 0 Å². The highest BCUT2D eigenvalue weighted by Gasteiger charge is 2.54. The summed E-state index contributed by atoms with van der Waals surface area (Å²) in [6.07, 6.45) is -9.00. The minimum atomic E-state index is -5.06. The molecule has 0 radical (unpaired) electrons. The first-order chi connectivity index (χ1) is 25.2. The second kappa shape index (κ2) is 17.2. The molecule has 1 heterocycles. The number of methoxy groups -OCH3 is 1. The van der Waals surface area contributed by atoms with Gasteiger partial charge < -0.3 is 18.8 Å². The van der Waals surface area contributed by atoms with E-state index in [0.29, 0.717) is 23.3 Å². The molecule has 4 atom stereocenters. The van der Waals surface area contributed by atoms with Crippen molar-refractivity contribution in [1.29, 1.82) is 0 Å². The lowest BCUT2D eigenvalue weighted by atomic mass is 9.74. The van der Waals surface area contributed by atoms with Crippen LogP contribution in [0.3, 0.4) is 0 Å². The van der Waals surface area contributed by atoms with E-state index in [1.165, 1.54) is 25.0 Å². The number of amides is 1. The van der Waals surface area contributed by atoms with E-state index >= 15 is 0 Å². The number of esters is 1. The van der Waals surface area contributed by atoms with Gasteiger partial charge in [-0.05, 0) is 81.8 Å². The first kappa shape index (κ1) is 42.7. The van der Waals surface area contributed by atoms with Gasteiger partial charge in [0.1, 0.15) is 11.4 Å². The van der Waals surface area contributed by atoms with Gasteiger partial charge in [0.25, 0.3) is 0 Å². The normalized spacial score (nSPS) is 20.8. The van der Waals surface area contributed by atoms with Gasteiger partial charge in [-0.3, -0.25) is 4.90 Å². The molecule has 0 spiro atoms. The zero-order chi connectivity index (χ0) is 40.0. The summed E-state index contributed by atoms with van der Waals surface area (Å²) >= 11 is -1.67. The third-order valence-corrected chi connectivity index (χ3v) is 10.9. The Kier molecular flexibility index (Phi) is 13.6. The molecule has 15 heteroatoms.